The summed E-state index contributed by atoms with van der Waals surface area (Å²) in [5.41, 5.74) is 6.49. The molecule has 0 aliphatic rings. The number of hydrogen-bond donors (Lipinski definition) is 1. The molecule has 0 aliphatic heterocycles. The van der Waals surface area contributed by atoms with Crippen LogP contribution in [-0.2, 0) is 6.54 Å². The van der Waals surface area contributed by atoms with Gasteiger partial charge in [-0.3, -0.25) is 4.79 Å². The zero-order chi connectivity index (χ0) is 14.5. The average molecular weight is 273 g/mol. The number of nitrogens with zero attached hydrogens (tertiary/aromatic N) is 2. The second-order valence-corrected chi connectivity index (χ2v) is 4.81. The fourth-order valence-corrected chi connectivity index (χ4v) is 1.85. The summed E-state index contributed by atoms with van der Waals surface area (Å²) in [5.74, 6) is 0.655. The van der Waals surface area contributed by atoms with E-state index in [4.69, 9.17) is 10.5 Å². The van der Waals surface area contributed by atoms with Crippen molar-refractivity contribution in [2.24, 2.45) is 5.73 Å². The molecule has 20 heavy (non-hydrogen) atoms. The van der Waals surface area contributed by atoms with Gasteiger partial charge in [0.05, 0.1) is 12.4 Å². The van der Waals surface area contributed by atoms with Crippen LogP contribution in [0.3, 0.4) is 0 Å². The van der Waals surface area contributed by atoms with Crippen LogP contribution in [0, 0.1) is 0 Å². The van der Waals surface area contributed by atoms with Crippen molar-refractivity contribution in [1.82, 2.24) is 9.55 Å². The Morgan fingerprint density at radius 2 is 2.05 bits per heavy atom. The number of carbonyl (C=O) groups is 1. The Kier molecular flexibility index (Phi) is 4.53. The predicted octanol–water partition coefficient (Wildman–Crippen LogP) is 1.86. The van der Waals surface area contributed by atoms with E-state index in [0.29, 0.717) is 24.3 Å². The first kappa shape index (κ1) is 14.3. The highest BCUT2D eigenvalue weighted by molar-refractivity contribution is 6.07. The lowest BCUT2D eigenvalue weighted by atomic mass is 10.1. The second kappa shape index (κ2) is 6.34. The van der Waals surface area contributed by atoms with E-state index in [9.17, 15) is 4.79 Å². The van der Waals surface area contributed by atoms with Gasteiger partial charge in [0.2, 0.25) is 5.78 Å². The number of ether oxygens (including phenoxy) is 1. The van der Waals surface area contributed by atoms with Gasteiger partial charge in [0.15, 0.2) is 0 Å². The summed E-state index contributed by atoms with van der Waals surface area (Å²) >= 11 is 0. The summed E-state index contributed by atoms with van der Waals surface area (Å²) in [6.07, 6.45) is 3.45. The Morgan fingerprint density at radius 3 is 2.65 bits per heavy atom. The summed E-state index contributed by atoms with van der Waals surface area (Å²) in [5, 5.41) is 0. The maximum Gasteiger partial charge on any atom is 0.212 e. The number of aromatic nitrogens is 2. The van der Waals surface area contributed by atoms with Crippen molar-refractivity contribution in [3.63, 3.8) is 0 Å². The van der Waals surface area contributed by atoms with Crippen molar-refractivity contribution in [1.29, 1.82) is 0 Å². The first-order valence-electron chi connectivity index (χ1n) is 6.63. The molecule has 0 amide bonds. The van der Waals surface area contributed by atoms with E-state index in [0.717, 1.165) is 5.75 Å². The van der Waals surface area contributed by atoms with Crippen molar-refractivity contribution in [2.45, 2.75) is 26.5 Å². The Hall–Kier alpha value is -2.14. The van der Waals surface area contributed by atoms with Gasteiger partial charge in [-0.2, -0.15) is 0 Å². The van der Waals surface area contributed by atoms with Gasteiger partial charge in [-0.25, -0.2) is 4.98 Å². The molecule has 2 N–H and O–H groups in total. The van der Waals surface area contributed by atoms with Crippen LogP contribution in [0.25, 0.3) is 0 Å². The Bertz CT molecular complexity index is 573. The number of rotatable bonds is 6. The summed E-state index contributed by atoms with van der Waals surface area (Å²) < 4.78 is 7.35. The quantitative estimate of drug-likeness (QED) is 0.816. The fourth-order valence-electron chi connectivity index (χ4n) is 1.85. The molecule has 1 heterocycles. The predicted molar refractivity (Wildman–Crippen MR) is 76.9 cm³/mol. The molecule has 0 unspecified atom stereocenters. The van der Waals surface area contributed by atoms with E-state index in [-0.39, 0.29) is 11.9 Å². The fraction of sp³-hybridized carbons (Fsp3) is 0.333. The van der Waals surface area contributed by atoms with Crippen LogP contribution in [-0.4, -0.2) is 28.0 Å². The first-order chi connectivity index (χ1) is 9.60. The monoisotopic (exact) mass is 273 g/mol. The molecule has 2 rings (SSSR count). The molecule has 0 saturated carbocycles. The van der Waals surface area contributed by atoms with Gasteiger partial charge >= 0.3 is 0 Å². The average Bonchev–Trinajstić information content (AvgIpc) is 2.87. The molecule has 5 heteroatoms. The van der Waals surface area contributed by atoms with E-state index in [1.165, 1.54) is 0 Å². The minimum atomic E-state index is -0.100. The standard InChI is InChI=1S/C15H19N3O2/c1-11(2)20-13-5-3-12(4-6-13)15(19)14-9-18(8-7-16)10-17-14/h3-6,9-11H,7-8,16H2,1-2H3. The van der Waals surface area contributed by atoms with Crippen LogP contribution < -0.4 is 10.5 Å². The first-order valence-corrected chi connectivity index (χ1v) is 6.63. The van der Waals surface area contributed by atoms with Crippen LogP contribution in [0.15, 0.2) is 36.8 Å². The molecule has 0 bridgehead atoms. The lowest BCUT2D eigenvalue weighted by Crippen LogP contribution is -2.08. The Morgan fingerprint density at radius 1 is 1.35 bits per heavy atom. The largest absolute Gasteiger partial charge is 0.491 e. The second-order valence-electron chi connectivity index (χ2n) is 4.81. The lowest BCUT2D eigenvalue weighted by Gasteiger charge is -2.09. The van der Waals surface area contributed by atoms with Gasteiger partial charge in [-0.1, -0.05) is 0 Å². The number of ketones is 1. The summed E-state index contributed by atoms with van der Waals surface area (Å²) in [7, 11) is 0. The number of nitrogens with two attached hydrogens (primary N) is 1. The highest BCUT2D eigenvalue weighted by Gasteiger charge is 2.12. The molecule has 0 aliphatic carbocycles. The third kappa shape index (κ3) is 3.45. The summed E-state index contributed by atoms with van der Waals surface area (Å²) in [6.45, 7) is 5.10. The van der Waals surface area contributed by atoms with E-state index in [1.54, 1.807) is 36.8 Å². The number of carbonyl (C=O) groups excluding carboxylic acids is 1. The number of hydrogen-bond acceptors (Lipinski definition) is 4. The maximum absolute atomic E-state index is 12.2. The third-order valence-electron chi connectivity index (χ3n) is 2.74. The molecule has 0 fully saturated rings. The molecule has 1 aromatic heterocycles. The van der Waals surface area contributed by atoms with Crippen molar-refractivity contribution in [3.05, 3.63) is 48.0 Å². The van der Waals surface area contributed by atoms with E-state index in [2.05, 4.69) is 4.98 Å². The Balaban J connectivity index is 2.11. The SMILES string of the molecule is CC(C)Oc1ccc(C(=O)c2cn(CCN)cn2)cc1. The number of benzene rings is 1. The summed E-state index contributed by atoms with van der Waals surface area (Å²) in [4.78, 5) is 16.4. The van der Waals surface area contributed by atoms with Crippen LogP contribution in [0.5, 0.6) is 5.75 Å². The zero-order valence-corrected chi connectivity index (χ0v) is 11.7. The molecular weight excluding hydrogens is 254 g/mol. The molecule has 0 saturated heterocycles. The third-order valence-corrected chi connectivity index (χ3v) is 2.74. The molecule has 5 nitrogen and oxygen atoms in total. The normalized spacial score (nSPS) is 10.8. The van der Waals surface area contributed by atoms with E-state index >= 15 is 0 Å². The molecule has 2 aromatic rings. The Labute approximate surface area is 118 Å². The van der Waals surface area contributed by atoms with Crippen molar-refractivity contribution >= 4 is 5.78 Å². The van der Waals surface area contributed by atoms with E-state index in [1.807, 2.05) is 18.4 Å². The topological polar surface area (TPSA) is 70.1 Å². The minimum Gasteiger partial charge on any atom is -0.491 e. The highest BCUT2D eigenvalue weighted by atomic mass is 16.5. The van der Waals surface area contributed by atoms with E-state index < -0.39 is 0 Å². The van der Waals surface area contributed by atoms with Crippen molar-refractivity contribution in [2.75, 3.05) is 6.54 Å². The molecule has 0 atom stereocenters. The van der Waals surface area contributed by atoms with Crippen LogP contribution in [0.1, 0.15) is 29.9 Å². The molecule has 106 valence electrons. The van der Waals surface area contributed by atoms with Crippen LogP contribution in [0.4, 0.5) is 0 Å². The smallest absolute Gasteiger partial charge is 0.212 e. The van der Waals surface area contributed by atoms with Crippen LogP contribution in [0.2, 0.25) is 0 Å². The van der Waals surface area contributed by atoms with Crippen LogP contribution >= 0.6 is 0 Å². The van der Waals surface area contributed by atoms with Crippen molar-refractivity contribution < 1.29 is 9.53 Å². The van der Waals surface area contributed by atoms with Gasteiger partial charge < -0.3 is 15.0 Å². The molecule has 0 spiro atoms. The molecular formula is C15H19N3O2. The minimum absolute atomic E-state index is 0.100. The maximum atomic E-state index is 12.2. The zero-order valence-electron chi connectivity index (χ0n) is 11.7. The van der Waals surface area contributed by atoms with Gasteiger partial charge in [-0.05, 0) is 38.1 Å². The van der Waals surface area contributed by atoms with Gasteiger partial charge in [0.1, 0.15) is 11.4 Å². The van der Waals surface area contributed by atoms with Gasteiger partial charge in [0, 0.05) is 24.8 Å². The van der Waals surface area contributed by atoms with Gasteiger partial charge in [-0.15, -0.1) is 0 Å². The summed E-state index contributed by atoms with van der Waals surface area (Å²) in [6, 6.07) is 7.10. The number of imidazole rings is 1. The van der Waals surface area contributed by atoms with Gasteiger partial charge in [0.25, 0.3) is 0 Å². The molecule has 0 radical (unpaired) electrons. The highest BCUT2D eigenvalue weighted by Crippen LogP contribution is 2.16. The lowest BCUT2D eigenvalue weighted by molar-refractivity contribution is 0.103. The van der Waals surface area contributed by atoms with Crippen molar-refractivity contribution in [3.8, 4) is 5.75 Å². The molecule has 1 aromatic carbocycles.